The lowest BCUT2D eigenvalue weighted by molar-refractivity contribution is -0.206. The average molecular weight is 491 g/mol. The molecule has 2 aromatic heterocycles. The van der Waals surface area contributed by atoms with Gasteiger partial charge < -0.3 is 15.8 Å². The van der Waals surface area contributed by atoms with Gasteiger partial charge in [-0.1, -0.05) is 0 Å². The molecule has 1 aliphatic heterocycles. The third-order valence-electron chi connectivity index (χ3n) is 5.59. The van der Waals surface area contributed by atoms with Crippen molar-refractivity contribution >= 4 is 17.5 Å². The van der Waals surface area contributed by atoms with E-state index in [1.807, 2.05) is 0 Å². The minimum Gasteiger partial charge on any atom is -0.368 e. The van der Waals surface area contributed by atoms with Crippen LogP contribution >= 0.6 is 0 Å². The number of hydrogen-bond donors (Lipinski definition) is 2. The number of rotatable bonds is 6. The molecule has 3 N–H and O–H groups in total. The predicted octanol–water partition coefficient (Wildman–Crippen LogP) is 3.49. The Hall–Kier alpha value is -3.16. The number of nitrogens with two attached hydrogens (primary N) is 1. The van der Waals surface area contributed by atoms with Crippen LogP contribution in [0.1, 0.15) is 57.4 Å². The number of primary amides is 1. The topological polar surface area (TPSA) is 112 Å². The van der Waals surface area contributed by atoms with Gasteiger partial charge in [0.1, 0.15) is 17.0 Å². The molecule has 0 spiro atoms. The molecule has 2 aromatic rings. The number of amides is 2. The Morgan fingerprint density at radius 2 is 1.91 bits per heavy atom. The molecule has 1 saturated carbocycles. The monoisotopic (exact) mass is 491 g/mol. The standard InChI is InChI=1S/C20H19F6N5O3/c21-19(22,23)13-5-9(8-34-13)7-31-16(14(20(24,25)26)15(30-31)10-1-2-10)18(33)29-11-3-4-28-12(6-11)17(27)32/h3-4,6,9-10,13H,1-2,5,7-8H2,(H2,27,32)(H,28,29,33)/t9?,13-/m0/s1. The van der Waals surface area contributed by atoms with Crippen molar-refractivity contribution in [3.8, 4) is 0 Å². The van der Waals surface area contributed by atoms with Crippen molar-refractivity contribution in [2.75, 3.05) is 11.9 Å². The van der Waals surface area contributed by atoms with Gasteiger partial charge in [0.2, 0.25) is 0 Å². The summed E-state index contributed by atoms with van der Waals surface area (Å²) in [5.74, 6) is -3.38. The fourth-order valence-electron chi connectivity index (χ4n) is 3.89. The Morgan fingerprint density at radius 3 is 2.47 bits per heavy atom. The highest BCUT2D eigenvalue weighted by atomic mass is 19.4. The average Bonchev–Trinajstić information content (AvgIpc) is 3.32. The first kappa shape index (κ1) is 24.0. The highest BCUT2D eigenvalue weighted by Gasteiger charge is 2.48. The summed E-state index contributed by atoms with van der Waals surface area (Å²) in [7, 11) is 0. The van der Waals surface area contributed by atoms with E-state index in [9.17, 15) is 35.9 Å². The molecule has 0 bridgehead atoms. The van der Waals surface area contributed by atoms with Crippen molar-refractivity contribution in [2.45, 2.75) is 50.2 Å². The lowest BCUT2D eigenvalue weighted by atomic mass is 10.0. The molecule has 8 nitrogen and oxygen atoms in total. The number of halogens is 6. The third kappa shape index (κ3) is 5.00. The van der Waals surface area contributed by atoms with Gasteiger partial charge in [0.05, 0.1) is 12.3 Å². The summed E-state index contributed by atoms with van der Waals surface area (Å²) in [6.45, 7) is -0.703. The van der Waals surface area contributed by atoms with Crippen LogP contribution in [0.5, 0.6) is 0 Å². The fraction of sp³-hybridized carbons (Fsp3) is 0.500. The minimum absolute atomic E-state index is 0.0380. The first-order chi connectivity index (χ1) is 15.8. The van der Waals surface area contributed by atoms with Gasteiger partial charge in [-0.15, -0.1) is 0 Å². The molecule has 2 aliphatic rings. The summed E-state index contributed by atoms with van der Waals surface area (Å²) >= 11 is 0. The highest BCUT2D eigenvalue weighted by Crippen LogP contribution is 2.47. The van der Waals surface area contributed by atoms with Gasteiger partial charge in [-0.25, -0.2) is 0 Å². The molecule has 0 radical (unpaired) electrons. The number of carbonyl (C=O) groups is 2. The van der Waals surface area contributed by atoms with Gasteiger partial charge in [0, 0.05) is 30.3 Å². The van der Waals surface area contributed by atoms with Gasteiger partial charge in [-0.05, 0) is 31.4 Å². The van der Waals surface area contributed by atoms with Crippen LogP contribution in [0.4, 0.5) is 32.0 Å². The van der Waals surface area contributed by atoms with Crippen molar-refractivity contribution < 1.29 is 40.7 Å². The molecule has 0 aromatic carbocycles. The van der Waals surface area contributed by atoms with Crippen molar-refractivity contribution in [1.82, 2.24) is 14.8 Å². The molecular weight excluding hydrogens is 472 g/mol. The lowest BCUT2D eigenvalue weighted by Crippen LogP contribution is -2.28. The van der Waals surface area contributed by atoms with E-state index in [4.69, 9.17) is 10.5 Å². The molecule has 14 heteroatoms. The SMILES string of the molecule is NC(=O)c1cc(NC(=O)c2c(C(F)(F)F)c(C3CC3)nn2CC2CO[C@H](C(F)(F)F)C2)ccn1. The van der Waals surface area contributed by atoms with Gasteiger partial charge >= 0.3 is 12.4 Å². The van der Waals surface area contributed by atoms with Crippen LogP contribution in [0.25, 0.3) is 0 Å². The maximum absolute atomic E-state index is 14.0. The second-order valence-corrected chi connectivity index (χ2v) is 8.28. The Morgan fingerprint density at radius 1 is 1.21 bits per heavy atom. The molecule has 1 unspecified atom stereocenters. The van der Waals surface area contributed by atoms with Gasteiger partial charge in [-0.3, -0.25) is 19.3 Å². The number of pyridine rings is 1. The summed E-state index contributed by atoms with van der Waals surface area (Å²) in [5, 5.41) is 6.29. The molecule has 1 saturated heterocycles. The number of carbonyl (C=O) groups excluding carboxylic acids is 2. The zero-order chi connectivity index (χ0) is 24.8. The third-order valence-corrected chi connectivity index (χ3v) is 5.59. The summed E-state index contributed by atoms with van der Waals surface area (Å²) in [4.78, 5) is 28.0. The predicted molar refractivity (Wildman–Crippen MR) is 104 cm³/mol. The van der Waals surface area contributed by atoms with E-state index in [1.54, 1.807) is 0 Å². The van der Waals surface area contributed by atoms with E-state index in [1.165, 1.54) is 6.07 Å². The first-order valence-electron chi connectivity index (χ1n) is 10.3. The molecular formula is C20H19F6N5O3. The molecule has 3 heterocycles. The smallest absolute Gasteiger partial charge is 0.368 e. The quantitative estimate of drug-likeness (QED) is 0.601. The van der Waals surface area contributed by atoms with E-state index < -0.39 is 59.8 Å². The van der Waals surface area contributed by atoms with Crippen LogP contribution in [0.15, 0.2) is 18.3 Å². The normalized spacial score (nSPS) is 21.0. The van der Waals surface area contributed by atoms with Crippen LogP contribution < -0.4 is 11.1 Å². The first-order valence-corrected chi connectivity index (χ1v) is 10.3. The van der Waals surface area contributed by atoms with Gasteiger partial charge in [0.15, 0.2) is 6.10 Å². The lowest BCUT2D eigenvalue weighted by Gasteiger charge is -2.15. The Bertz CT molecular complexity index is 1110. The van der Waals surface area contributed by atoms with Crippen LogP contribution in [-0.2, 0) is 17.5 Å². The molecule has 184 valence electrons. The van der Waals surface area contributed by atoms with Crippen molar-refractivity contribution in [3.63, 3.8) is 0 Å². The van der Waals surface area contributed by atoms with E-state index in [0.717, 1.165) is 16.9 Å². The van der Waals surface area contributed by atoms with E-state index >= 15 is 0 Å². The second-order valence-electron chi connectivity index (χ2n) is 8.28. The maximum Gasteiger partial charge on any atom is 0.420 e. The minimum atomic E-state index is -4.93. The zero-order valence-corrected chi connectivity index (χ0v) is 17.4. The largest absolute Gasteiger partial charge is 0.420 e. The molecule has 34 heavy (non-hydrogen) atoms. The number of aromatic nitrogens is 3. The van der Waals surface area contributed by atoms with Crippen molar-refractivity contribution in [2.24, 2.45) is 11.7 Å². The molecule has 2 fully saturated rings. The molecule has 4 rings (SSSR count). The Kier molecular flexibility index (Phi) is 6.04. The summed E-state index contributed by atoms with van der Waals surface area (Å²) in [5.41, 5.74) is 2.53. The highest BCUT2D eigenvalue weighted by molar-refractivity contribution is 6.05. The molecule has 1 aliphatic carbocycles. The van der Waals surface area contributed by atoms with Crippen LogP contribution in [0.3, 0.4) is 0 Å². The van der Waals surface area contributed by atoms with E-state index in [0.29, 0.717) is 12.8 Å². The summed E-state index contributed by atoms with van der Waals surface area (Å²) in [6, 6.07) is 2.34. The van der Waals surface area contributed by atoms with E-state index in [2.05, 4.69) is 15.4 Å². The van der Waals surface area contributed by atoms with Crippen LogP contribution in [-0.4, -0.2) is 45.5 Å². The fourth-order valence-corrected chi connectivity index (χ4v) is 3.89. The number of nitrogens with zero attached hydrogens (tertiary/aromatic N) is 3. The van der Waals surface area contributed by atoms with Gasteiger partial charge in [0.25, 0.3) is 11.8 Å². The summed E-state index contributed by atoms with van der Waals surface area (Å²) < 4.78 is 86.5. The van der Waals surface area contributed by atoms with Crippen LogP contribution in [0, 0.1) is 5.92 Å². The number of hydrogen-bond acceptors (Lipinski definition) is 5. The van der Waals surface area contributed by atoms with Crippen molar-refractivity contribution in [3.05, 3.63) is 41.0 Å². The maximum atomic E-state index is 14.0. The number of anilines is 1. The number of ether oxygens (including phenoxy) is 1. The van der Waals surface area contributed by atoms with Crippen LogP contribution in [0.2, 0.25) is 0 Å². The number of nitrogens with one attached hydrogen (secondary N) is 1. The molecule has 2 amide bonds. The van der Waals surface area contributed by atoms with E-state index in [-0.39, 0.29) is 30.2 Å². The molecule has 2 atom stereocenters. The zero-order valence-electron chi connectivity index (χ0n) is 17.4. The number of alkyl halides is 6. The Labute approximate surface area is 188 Å². The Balaban J connectivity index is 1.69. The van der Waals surface area contributed by atoms with Gasteiger partial charge in [-0.2, -0.15) is 31.4 Å². The summed E-state index contributed by atoms with van der Waals surface area (Å²) in [6.07, 6.45) is -9.97. The second kappa shape index (κ2) is 8.56. The van der Waals surface area contributed by atoms with Crippen molar-refractivity contribution in [1.29, 1.82) is 0 Å².